The van der Waals surface area contributed by atoms with Crippen LogP contribution in [0.4, 0.5) is 10.8 Å². The molecule has 0 unspecified atom stereocenters. The maximum absolute atomic E-state index is 12.7. The monoisotopic (exact) mass is 384 g/mol. The van der Waals surface area contributed by atoms with Crippen molar-refractivity contribution in [2.24, 2.45) is 0 Å². The van der Waals surface area contributed by atoms with Gasteiger partial charge < -0.3 is 14.2 Å². The number of hydrogen-bond acceptors (Lipinski definition) is 7. The highest BCUT2D eigenvalue weighted by atomic mass is 32.1. The number of thiazole rings is 1. The van der Waals surface area contributed by atoms with Crippen molar-refractivity contribution < 1.29 is 14.1 Å². The molecule has 1 aliphatic heterocycles. The van der Waals surface area contributed by atoms with Gasteiger partial charge in [0.1, 0.15) is 5.76 Å². The van der Waals surface area contributed by atoms with Crippen molar-refractivity contribution in [3.8, 4) is 11.3 Å². The van der Waals surface area contributed by atoms with Gasteiger partial charge in [-0.15, -0.1) is 11.3 Å². The third kappa shape index (κ3) is 3.54. The molecule has 0 saturated carbocycles. The second-order valence-electron chi connectivity index (χ2n) is 6.06. The number of nitrogens with zero attached hydrogens (tertiary/aromatic N) is 4. The highest BCUT2D eigenvalue weighted by molar-refractivity contribution is 7.13. The van der Waals surface area contributed by atoms with Gasteiger partial charge >= 0.3 is 0 Å². The average molecular weight is 384 g/mol. The fourth-order valence-corrected chi connectivity index (χ4v) is 3.68. The van der Waals surface area contributed by atoms with E-state index in [0.29, 0.717) is 24.4 Å². The molecule has 138 valence electrons. The Labute approximate surface area is 158 Å². The molecule has 0 N–H and O–H groups in total. The molecular formula is C18H16N4O4S. The molecule has 8 nitrogen and oxygen atoms in total. The first kappa shape index (κ1) is 17.2. The molecule has 1 amide bonds. The summed E-state index contributed by atoms with van der Waals surface area (Å²) in [4.78, 5) is 31.2. The molecule has 0 atom stereocenters. The van der Waals surface area contributed by atoms with Crippen LogP contribution < -0.4 is 4.90 Å². The van der Waals surface area contributed by atoms with Crippen LogP contribution in [0.15, 0.2) is 52.4 Å². The van der Waals surface area contributed by atoms with Gasteiger partial charge in [-0.2, -0.15) is 0 Å². The maximum Gasteiger partial charge on any atom is 0.289 e. The fourth-order valence-electron chi connectivity index (χ4n) is 2.98. The molecule has 2 aromatic heterocycles. The van der Waals surface area contributed by atoms with E-state index in [9.17, 15) is 14.9 Å². The topological polar surface area (TPSA) is 92.7 Å². The van der Waals surface area contributed by atoms with Gasteiger partial charge in [-0.1, -0.05) is 0 Å². The predicted molar refractivity (Wildman–Crippen MR) is 101 cm³/mol. The van der Waals surface area contributed by atoms with Gasteiger partial charge in [-0.25, -0.2) is 4.98 Å². The summed E-state index contributed by atoms with van der Waals surface area (Å²) in [5.74, 6) is 0.627. The second-order valence-corrected chi connectivity index (χ2v) is 6.93. The van der Waals surface area contributed by atoms with Gasteiger partial charge in [0.25, 0.3) is 11.6 Å². The summed E-state index contributed by atoms with van der Waals surface area (Å²) in [6.07, 6.45) is 1.78. The van der Waals surface area contributed by atoms with Gasteiger partial charge in [0.05, 0.1) is 4.92 Å². The number of piperazine rings is 1. The first-order chi connectivity index (χ1) is 13.1. The molecule has 1 fully saturated rings. The van der Waals surface area contributed by atoms with Crippen LogP contribution in [0.25, 0.3) is 11.3 Å². The molecule has 27 heavy (non-hydrogen) atoms. The highest BCUT2D eigenvalue weighted by Gasteiger charge is 2.25. The smallest absolute Gasteiger partial charge is 0.289 e. The lowest BCUT2D eigenvalue weighted by atomic mass is 10.1. The zero-order valence-corrected chi connectivity index (χ0v) is 15.1. The maximum atomic E-state index is 12.7. The minimum Gasteiger partial charge on any atom is -0.451 e. The van der Waals surface area contributed by atoms with E-state index in [1.54, 1.807) is 46.7 Å². The van der Waals surface area contributed by atoms with E-state index in [2.05, 4.69) is 9.88 Å². The molecule has 3 heterocycles. The first-order valence-corrected chi connectivity index (χ1v) is 9.28. The van der Waals surface area contributed by atoms with Crippen LogP contribution in [-0.4, -0.2) is 46.9 Å². The van der Waals surface area contributed by atoms with Crippen molar-refractivity contribution >= 4 is 28.1 Å². The molecule has 1 aliphatic rings. The lowest BCUT2D eigenvalue weighted by Gasteiger charge is -2.34. The Morgan fingerprint density at radius 3 is 2.48 bits per heavy atom. The van der Waals surface area contributed by atoms with Crippen LogP contribution in [0.1, 0.15) is 10.6 Å². The molecule has 1 saturated heterocycles. The lowest BCUT2D eigenvalue weighted by Crippen LogP contribution is -2.48. The number of nitro benzene ring substituents is 1. The number of benzene rings is 1. The van der Waals surface area contributed by atoms with Crippen molar-refractivity contribution in [3.63, 3.8) is 0 Å². The number of non-ortho nitro benzene ring substituents is 1. The van der Waals surface area contributed by atoms with Gasteiger partial charge in [0, 0.05) is 55.5 Å². The Morgan fingerprint density at radius 1 is 1.11 bits per heavy atom. The average Bonchev–Trinajstić information content (AvgIpc) is 3.40. The zero-order chi connectivity index (χ0) is 18.8. The van der Waals surface area contributed by atoms with Gasteiger partial charge in [-0.05, 0) is 24.3 Å². The first-order valence-electron chi connectivity index (χ1n) is 8.40. The molecule has 1 aromatic carbocycles. The van der Waals surface area contributed by atoms with E-state index in [-0.39, 0.29) is 17.4 Å². The summed E-state index contributed by atoms with van der Waals surface area (Å²) < 4.78 is 5.70. The SMILES string of the molecule is O=C(c1ccc(-c2ccc([N+](=O)[O-])cc2)o1)N1CCN(c2nccs2)CC1. The Balaban J connectivity index is 1.42. The summed E-state index contributed by atoms with van der Waals surface area (Å²) in [6, 6.07) is 9.40. The van der Waals surface area contributed by atoms with Crippen molar-refractivity contribution in [3.05, 3.63) is 63.8 Å². The molecule has 0 radical (unpaired) electrons. The van der Waals surface area contributed by atoms with Gasteiger partial charge in [0.15, 0.2) is 10.9 Å². The number of amides is 1. The standard InChI is InChI=1S/C18H16N4O4S/c23-17(20-8-10-21(11-9-20)18-19-7-12-27-18)16-6-5-15(26-16)13-1-3-14(4-2-13)22(24)25/h1-7,12H,8-11H2. The number of anilines is 1. The molecule has 0 bridgehead atoms. The van der Waals surface area contributed by atoms with Crippen LogP contribution in [-0.2, 0) is 0 Å². The number of carbonyl (C=O) groups is 1. The normalized spacial score (nSPS) is 14.4. The zero-order valence-electron chi connectivity index (χ0n) is 14.3. The minimum absolute atomic E-state index is 0.0136. The van der Waals surface area contributed by atoms with Gasteiger partial charge in [0.2, 0.25) is 0 Å². The van der Waals surface area contributed by atoms with Crippen molar-refractivity contribution in [1.82, 2.24) is 9.88 Å². The Hall–Kier alpha value is -3.20. The highest BCUT2D eigenvalue weighted by Crippen LogP contribution is 2.26. The summed E-state index contributed by atoms with van der Waals surface area (Å²) >= 11 is 1.59. The third-order valence-electron chi connectivity index (χ3n) is 4.44. The van der Waals surface area contributed by atoms with E-state index < -0.39 is 4.92 Å². The van der Waals surface area contributed by atoms with Crippen LogP contribution in [0.3, 0.4) is 0 Å². The van der Waals surface area contributed by atoms with Crippen molar-refractivity contribution in [1.29, 1.82) is 0 Å². The summed E-state index contributed by atoms with van der Waals surface area (Å²) in [7, 11) is 0. The summed E-state index contributed by atoms with van der Waals surface area (Å²) in [5, 5.41) is 13.7. The number of hydrogen-bond donors (Lipinski definition) is 0. The number of carbonyl (C=O) groups excluding carboxylic acids is 1. The quantitative estimate of drug-likeness (QED) is 0.506. The van der Waals surface area contributed by atoms with E-state index >= 15 is 0 Å². The van der Waals surface area contributed by atoms with Crippen molar-refractivity contribution in [2.75, 3.05) is 31.1 Å². The summed E-state index contributed by atoms with van der Waals surface area (Å²) in [5.41, 5.74) is 0.702. The number of rotatable bonds is 4. The third-order valence-corrected chi connectivity index (χ3v) is 5.27. The number of nitro groups is 1. The number of furan rings is 1. The van der Waals surface area contributed by atoms with E-state index in [1.807, 2.05) is 5.38 Å². The molecule has 0 aliphatic carbocycles. The summed E-state index contributed by atoms with van der Waals surface area (Å²) in [6.45, 7) is 2.67. The van der Waals surface area contributed by atoms with E-state index in [0.717, 1.165) is 18.2 Å². The molecular weight excluding hydrogens is 368 g/mol. The largest absolute Gasteiger partial charge is 0.451 e. The lowest BCUT2D eigenvalue weighted by molar-refractivity contribution is -0.384. The number of aromatic nitrogens is 1. The van der Waals surface area contributed by atoms with Crippen LogP contribution in [0.2, 0.25) is 0 Å². The van der Waals surface area contributed by atoms with E-state index in [1.165, 1.54) is 12.1 Å². The van der Waals surface area contributed by atoms with Crippen molar-refractivity contribution in [2.45, 2.75) is 0 Å². The van der Waals surface area contributed by atoms with Crippen LogP contribution >= 0.6 is 11.3 Å². The van der Waals surface area contributed by atoms with Crippen LogP contribution in [0, 0.1) is 10.1 Å². The second kappa shape index (κ2) is 7.20. The fraction of sp³-hybridized carbons (Fsp3) is 0.222. The molecule has 9 heteroatoms. The Bertz CT molecular complexity index is 944. The van der Waals surface area contributed by atoms with Gasteiger partial charge in [-0.3, -0.25) is 14.9 Å². The molecule has 0 spiro atoms. The predicted octanol–water partition coefficient (Wildman–Crippen LogP) is 3.27. The molecule has 4 rings (SSSR count). The Kier molecular flexibility index (Phi) is 4.59. The van der Waals surface area contributed by atoms with E-state index in [4.69, 9.17) is 4.42 Å². The molecule has 3 aromatic rings. The minimum atomic E-state index is -0.452. The van der Waals surface area contributed by atoms with Crippen LogP contribution in [0.5, 0.6) is 0 Å². The Morgan fingerprint density at radius 2 is 1.85 bits per heavy atom.